The predicted molar refractivity (Wildman–Crippen MR) is 97.6 cm³/mol. The van der Waals surface area contributed by atoms with Gasteiger partial charge in [-0.15, -0.1) is 11.3 Å². The molecule has 0 spiro atoms. The SMILES string of the molecule is Cn1nc(-c2cccs2)cc1C(=O)NCC1Cc2ccccc2CO1. The van der Waals surface area contributed by atoms with Gasteiger partial charge in [0.25, 0.3) is 5.91 Å². The van der Waals surface area contributed by atoms with E-state index in [2.05, 4.69) is 22.5 Å². The lowest BCUT2D eigenvalue weighted by molar-refractivity contribution is 0.0284. The number of nitrogens with zero attached hydrogens (tertiary/aromatic N) is 2. The van der Waals surface area contributed by atoms with Crippen molar-refractivity contribution in [2.75, 3.05) is 6.54 Å². The van der Waals surface area contributed by atoms with Crippen LogP contribution in [-0.4, -0.2) is 28.3 Å². The summed E-state index contributed by atoms with van der Waals surface area (Å²) in [6.07, 6.45) is 0.825. The average Bonchev–Trinajstić information content (AvgIpc) is 3.29. The normalized spacial score (nSPS) is 16.4. The molecule has 1 amide bonds. The minimum absolute atomic E-state index is 0.00356. The zero-order valence-corrected chi connectivity index (χ0v) is 14.8. The Bertz CT molecular complexity index is 886. The molecule has 0 saturated heterocycles. The van der Waals surface area contributed by atoms with Crippen molar-refractivity contribution in [3.8, 4) is 10.6 Å². The molecule has 5 nitrogen and oxygen atoms in total. The Balaban J connectivity index is 1.40. The van der Waals surface area contributed by atoms with Gasteiger partial charge in [-0.2, -0.15) is 5.10 Å². The van der Waals surface area contributed by atoms with Crippen LogP contribution < -0.4 is 5.32 Å². The number of hydrogen-bond acceptors (Lipinski definition) is 4. The third-order valence-corrected chi connectivity index (χ3v) is 5.31. The third-order valence-electron chi connectivity index (χ3n) is 4.42. The Kier molecular flexibility index (Phi) is 4.38. The molecular weight excluding hydrogens is 334 g/mol. The second-order valence-electron chi connectivity index (χ2n) is 6.13. The number of thiophene rings is 1. The maximum Gasteiger partial charge on any atom is 0.269 e. The number of fused-ring (bicyclic) bond motifs is 1. The van der Waals surface area contributed by atoms with E-state index in [0.29, 0.717) is 18.8 Å². The van der Waals surface area contributed by atoms with Gasteiger partial charge in [0.2, 0.25) is 0 Å². The number of amides is 1. The lowest BCUT2D eigenvalue weighted by Gasteiger charge is -2.25. The second kappa shape index (κ2) is 6.82. The molecular formula is C19H19N3O2S. The Labute approximate surface area is 150 Å². The lowest BCUT2D eigenvalue weighted by atomic mass is 9.99. The number of ether oxygens (including phenoxy) is 1. The standard InChI is InChI=1S/C19H19N3O2S/c1-22-17(10-16(21-22)18-7-4-8-25-18)19(23)20-11-15-9-13-5-2-3-6-14(13)12-24-15/h2-8,10,15H,9,11-12H2,1H3,(H,20,23). The second-order valence-corrected chi connectivity index (χ2v) is 7.08. The van der Waals surface area contributed by atoms with E-state index in [-0.39, 0.29) is 12.0 Å². The monoisotopic (exact) mass is 353 g/mol. The summed E-state index contributed by atoms with van der Waals surface area (Å²) in [5, 5.41) is 9.41. The Morgan fingerprint density at radius 1 is 1.32 bits per heavy atom. The molecule has 4 rings (SSSR count). The molecule has 0 bridgehead atoms. The molecule has 1 N–H and O–H groups in total. The van der Waals surface area contributed by atoms with Crippen molar-refractivity contribution in [1.29, 1.82) is 0 Å². The first kappa shape index (κ1) is 16.1. The van der Waals surface area contributed by atoms with Crippen LogP contribution in [0.5, 0.6) is 0 Å². The molecule has 1 aliphatic heterocycles. The van der Waals surface area contributed by atoms with Crippen molar-refractivity contribution in [3.05, 3.63) is 64.7 Å². The predicted octanol–water partition coefficient (Wildman–Crippen LogP) is 3.02. The molecule has 3 heterocycles. The Morgan fingerprint density at radius 3 is 2.96 bits per heavy atom. The quantitative estimate of drug-likeness (QED) is 0.784. The molecule has 2 aromatic heterocycles. The number of rotatable bonds is 4. The highest BCUT2D eigenvalue weighted by molar-refractivity contribution is 7.13. The van der Waals surface area contributed by atoms with Gasteiger partial charge in [0.1, 0.15) is 11.4 Å². The first-order valence-corrected chi connectivity index (χ1v) is 9.13. The summed E-state index contributed by atoms with van der Waals surface area (Å²) in [7, 11) is 1.79. The van der Waals surface area contributed by atoms with Crippen molar-refractivity contribution < 1.29 is 9.53 Å². The van der Waals surface area contributed by atoms with E-state index in [1.165, 1.54) is 11.1 Å². The molecule has 128 valence electrons. The molecule has 3 aromatic rings. The lowest BCUT2D eigenvalue weighted by Crippen LogP contribution is -2.37. The van der Waals surface area contributed by atoms with Crippen LogP contribution in [0.1, 0.15) is 21.6 Å². The summed E-state index contributed by atoms with van der Waals surface area (Å²) in [5.41, 5.74) is 3.91. The zero-order chi connectivity index (χ0) is 17.2. The topological polar surface area (TPSA) is 56.2 Å². The van der Waals surface area contributed by atoms with Crippen molar-refractivity contribution in [1.82, 2.24) is 15.1 Å². The molecule has 1 aromatic carbocycles. The van der Waals surface area contributed by atoms with Gasteiger partial charge >= 0.3 is 0 Å². The maximum atomic E-state index is 12.5. The smallest absolute Gasteiger partial charge is 0.269 e. The molecule has 6 heteroatoms. The van der Waals surface area contributed by atoms with Gasteiger partial charge < -0.3 is 10.1 Å². The van der Waals surface area contributed by atoms with Gasteiger partial charge in [-0.1, -0.05) is 30.3 Å². The van der Waals surface area contributed by atoms with Gasteiger partial charge in [-0.3, -0.25) is 9.48 Å². The van der Waals surface area contributed by atoms with E-state index in [1.54, 1.807) is 23.1 Å². The fourth-order valence-electron chi connectivity index (χ4n) is 3.06. The van der Waals surface area contributed by atoms with E-state index in [9.17, 15) is 4.79 Å². The van der Waals surface area contributed by atoms with Crippen LogP contribution in [0.3, 0.4) is 0 Å². The number of carbonyl (C=O) groups excluding carboxylic acids is 1. The van der Waals surface area contributed by atoms with Crippen LogP contribution >= 0.6 is 11.3 Å². The Hall–Kier alpha value is -2.44. The molecule has 0 fully saturated rings. The zero-order valence-electron chi connectivity index (χ0n) is 13.9. The highest BCUT2D eigenvalue weighted by Gasteiger charge is 2.21. The number of carbonyl (C=O) groups is 1. The molecule has 1 aliphatic rings. The highest BCUT2D eigenvalue weighted by atomic mass is 32.1. The van der Waals surface area contributed by atoms with E-state index >= 15 is 0 Å². The fourth-order valence-corrected chi connectivity index (χ4v) is 3.74. The van der Waals surface area contributed by atoms with Gasteiger partial charge in [-0.05, 0) is 28.6 Å². The van der Waals surface area contributed by atoms with Gasteiger partial charge in [-0.25, -0.2) is 0 Å². The molecule has 1 atom stereocenters. The molecule has 0 radical (unpaired) electrons. The summed E-state index contributed by atoms with van der Waals surface area (Å²) in [6.45, 7) is 1.09. The van der Waals surface area contributed by atoms with E-state index in [0.717, 1.165) is 17.0 Å². The number of aromatic nitrogens is 2. The summed E-state index contributed by atoms with van der Waals surface area (Å²) in [5.74, 6) is -0.125. The van der Waals surface area contributed by atoms with E-state index < -0.39 is 0 Å². The summed E-state index contributed by atoms with van der Waals surface area (Å²) in [4.78, 5) is 13.6. The highest BCUT2D eigenvalue weighted by Crippen LogP contribution is 2.24. The van der Waals surface area contributed by atoms with Crippen LogP contribution in [-0.2, 0) is 24.8 Å². The minimum Gasteiger partial charge on any atom is -0.371 e. The number of nitrogens with one attached hydrogen (secondary N) is 1. The van der Waals surface area contributed by atoms with Crippen LogP contribution in [0.4, 0.5) is 0 Å². The fraction of sp³-hybridized carbons (Fsp3) is 0.263. The number of benzene rings is 1. The molecule has 0 saturated carbocycles. The van der Waals surface area contributed by atoms with Crippen molar-refractivity contribution in [3.63, 3.8) is 0 Å². The maximum absolute atomic E-state index is 12.5. The van der Waals surface area contributed by atoms with Gasteiger partial charge in [0, 0.05) is 20.0 Å². The van der Waals surface area contributed by atoms with Crippen molar-refractivity contribution >= 4 is 17.2 Å². The first-order chi connectivity index (χ1) is 12.2. The van der Waals surface area contributed by atoms with Crippen molar-refractivity contribution in [2.45, 2.75) is 19.1 Å². The van der Waals surface area contributed by atoms with Crippen LogP contribution in [0, 0.1) is 0 Å². The third kappa shape index (κ3) is 3.36. The number of aryl methyl sites for hydroxylation is 1. The molecule has 0 aliphatic carbocycles. The average molecular weight is 353 g/mol. The van der Waals surface area contributed by atoms with Gasteiger partial charge in [0.05, 0.1) is 17.6 Å². The first-order valence-electron chi connectivity index (χ1n) is 8.25. The van der Waals surface area contributed by atoms with Crippen LogP contribution in [0.2, 0.25) is 0 Å². The van der Waals surface area contributed by atoms with Gasteiger partial charge in [0.15, 0.2) is 0 Å². The minimum atomic E-state index is -0.125. The molecule has 1 unspecified atom stereocenters. The van der Waals surface area contributed by atoms with Crippen LogP contribution in [0.25, 0.3) is 10.6 Å². The van der Waals surface area contributed by atoms with E-state index in [4.69, 9.17) is 4.74 Å². The summed E-state index contributed by atoms with van der Waals surface area (Å²) < 4.78 is 7.48. The van der Waals surface area contributed by atoms with Crippen molar-refractivity contribution in [2.24, 2.45) is 7.05 Å². The van der Waals surface area contributed by atoms with E-state index in [1.807, 2.05) is 35.7 Å². The molecule has 25 heavy (non-hydrogen) atoms. The summed E-state index contributed by atoms with van der Waals surface area (Å²) >= 11 is 1.61. The largest absolute Gasteiger partial charge is 0.371 e. The Morgan fingerprint density at radius 2 is 2.16 bits per heavy atom. The summed E-state index contributed by atoms with van der Waals surface area (Å²) in [6, 6.07) is 14.1. The van der Waals surface area contributed by atoms with Crippen LogP contribution in [0.15, 0.2) is 47.8 Å². The number of hydrogen-bond donors (Lipinski definition) is 1.